The van der Waals surface area contributed by atoms with Crippen molar-refractivity contribution in [3.8, 4) is 6.07 Å². The summed E-state index contributed by atoms with van der Waals surface area (Å²) >= 11 is 0. The van der Waals surface area contributed by atoms with Crippen LogP contribution in [0, 0.1) is 23.2 Å². The van der Waals surface area contributed by atoms with Crippen molar-refractivity contribution in [1.29, 1.82) is 5.26 Å². The van der Waals surface area contributed by atoms with Gasteiger partial charge in [-0.15, -0.1) is 0 Å². The number of nitriles is 1. The van der Waals surface area contributed by atoms with Crippen molar-refractivity contribution in [2.75, 3.05) is 6.54 Å². The Hall–Kier alpha value is -0.550. The first-order valence-corrected chi connectivity index (χ1v) is 3.53. The maximum Gasteiger partial charge on any atom is 0.0659 e. The van der Waals surface area contributed by atoms with Crippen molar-refractivity contribution in [2.45, 2.75) is 18.9 Å². The summed E-state index contributed by atoms with van der Waals surface area (Å²) in [4.78, 5) is 0. The highest BCUT2D eigenvalue weighted by atomic mass is 15.0. The highest BCUT2D eigenvalue weighted by Gasteiger charge is 2.39. The van der Waals surface area contributed by atoms with Crippen molar-refractivity contribution in [3.63, 3.8) is 0 Å². The van der Waals surface area contributed by atoms with Gasteiger partial charge >= 0.3 is 0 Å². The SMILES string of the molecule is N#CC1CC2CC1CN2. The van der Waals surface area contributed by atoms with E-state index in [-0.39, 0.29) is 0 Å². The molecule has 1 heterocycles. The number of hydrogen-bond acceptors (Lipinski definition) is 2. The van der Waals surface area contributed by atoms with Crippen LogP contribution in [0.15, 0.2) is 0 Å². The molecule has 9 heavy (non-hydrogen) atoms. The van der Waals surface area contributed by atoms with E-state index in [1.165, 1.54) is 6.42 Å². The molecule has 2 bridgehead atoms. The van der Waals surface area contributed by atoms with Gasteiger partial charge in [-0.1, -0.05) is 0 Å². The van der Waals surface area contributed by atoms with Crippen molar-refractivity contribution in [3.05, 3.63) is 0 Å². The fraction of sp³-hybridized carbons (Fsp3) is 0.857. The minimum Gasteiger partial charge on any atom is -0.314 e. The van der Waals surface area contributed by atoms with Gasteiger partial charge in [0.05, 0.1) is 12.0 Å². The van der Waals surface area contributed by atoms with E-state index in [2.05, 4.69) is 11.4 Å². The zero-order chi connectivity index (χ0) is 6.27. The molecule has 1 aliphatic heterocycles. The van der Waals surface area contributed by atoms with Gasteiger partial charge in [0, 0.05) is 6.04 Å². The fourth-order valence-electron chi connectivity index (χ4n) is 1.99. The number of piperidine rings is 1. The fourth-order valence-corrected chi connectivity index (χ4v) is 1.99. The molecule has 3 atom stereocenters. The van der Waals surface area contributed by atoms with Crippen LogP contribution >= 0.6 is 0 Å². The highest BCUT2D eigenvalue weighted by Crippen LogP contribution is 2.35. The minimum atomic E-state index is 0.372. The quantitative estimate of drug-likeness (QED) is 0.508. The van der Waals surface area contributed by atoms with Gasteiger partial charge in [0.2, 0.25) is 0 Å². The Balaban J connectivity index is 2.12. The highest BCUT2D eigenvalue weighted by molar-refractivity contribution is 5.03. The summed E-state index contributed by atoms with van der Waals surface area (Å²) in [5.41, 5.74) is 0. The van der Waals surface area contributed by atoms with Gasteiger partial charge in [-0.3, -0.25) is 0 Å². The molecule has 1 saturated heterocycles. The molecular weight excluding hydrogens is 112 g/mol. The van der Waals surface area contributed by atoms with Gasteiger partial charge in [0.25, 0.3) is 0 Å². The van der Waals surface area contributed by atoms with E-state index < -0.39 is 0 Å². The van der Waals surface area contributed by atoms with Crippen molar-refractivity contribution in [2.24, 2.45) is 11.8 Å². The van der Waals surface area contributed by atoms with Gasteiger partial charge in [-0.2, -0.15) is 5.26 Å². The molecule has 48 valence electrons. The topological polar surface area (TPSA) is 35.8 Å². The standard InChI is InChI=1S/C7H10N2/c8-3-5-1-7-2-6(5)4-9-7/h5-7,9H,1-2,4H2. The maximum atomic E-state index is 8.61. The van der Waals surface area contributed by atoms with E-state index in [9.17, 15) is 0 Å². The molecule has 0 aromatic rings. The normalized spacial score (nSPS) is 47.2. The molecule has 0 amide bonds. The van der Waals surface area contributed by atoms with Crippen LogP contribution in [0.3, 0.4) is 0 Å². The zero-order valence-electron chi connectivity index (χ0n) is 5.30. The van der Waals surface area contributed by atoms with Crippen LogP contribution in [0.25, 0.3) is 0 Å². The number of fused-ring (bicyclic) bond motifs is 2. The van der Waals surface area contributed by atoms with Gasteiger partial charge in [-0.05, 0) is 25.3 Å². The lowest BCUT2D eigenvalue weighted by Gasteiger charge is -2.14. The number of rotatable bonds is 0. The Labute approximate surface area is 54.9 Å². The average molecular weight is 122 g/mol. The summed E-state index contributed by atoms with van der Waals surface area (Å²) in [5, 5.41) is 12.0. The second-order valence-electron chi connectivity index (χ2n) is 3.07. The van der Waals surface area contributed by atoms with Gasteiger partial charge in [-0.25, -0.2) is 0 Å². The molecule has 0 aromatic carbocycles. The molecule has 1 N–H and O–H groups in total. The lowest BCUT2D eigenvalue weighted by Crippen LogP contribution is -2.28. The van der Waals surface area contributed by atoms with Gasteiger partial charge in [0.15, 0.2) is 0 Å². The first kappa shape index (κ1) is 5.25. The molecule has 0 spiro atoms. The number of nitrogens with zero attached hydrogens (tertiary/aromatic N) is 1. The molecule has 2 heteroatoms. The zero-order valence-corrected chi connectivity index (χ0v) is 5.30. The van der Waals surface area contributed by atoms with Crippen molar-refractivity contribution in [1.82, 2.24) is 5.32 Å². The minimum absolute atomic E-state index is 0.372. The molecule has 0 radical (unpaired) electrons. The van der Waals surface area contributed by atoms with E-state index in [0.29, 0.717) is 17.9 Å². The molecular formula is C7H10N2. The lowest BCUT2D eigenvalue weighted by atomic mass is 9.97. The largest absolute Gasteiger partial charge is 0.314 e. The van der Waals surface area contributed by atoms with Gasteiger partial charge < -0.3 is 5.32 Å². The Bertz CT molecular complexity index is 159. The first-order chi connectivity index (χ1) is 4.40. The molecule has 2 nitrogen and oxygen atoms in total. The maximum absolute atomic E-state index is 8.61. The monoisotopic (exact) mass is 122 g/mol. The van der Waals surface area contributed by atoms with E-state index in [1.807, 2.05) is 0 Å². The summed E-state index contributed by atoms with van der Waals surface area (Å²) < 4.78 is 0. The molecule has 2 rings (SSSR count). The summed E-state index contributed by atoms with van der Waals surface area (Å²) in [7, 11) is 0. The predicted octanol–water partition coefficient (Wildman–Crippen LogP) is 0.508. The first-order valence-electron chi connectivity index (χ1n) is 3.53. The van der Waals surface area contributed by atoms with Crippen LogP contribution < -0.4 is 5.32 Å². The van der Waals surface area contributed by atoms with Gasteiger partial charge in [0.1, 0.15) is 0 Å². The van der Waals surface area contributed by atoms with Crippen LogP contribution in [-0.4, -0.2) is 12.6 Å². The molecule has 2 fully saturated rings. The summed E-state index contributed by atoms with van der Waals surface area (Å²) in [6.45, 7) is 1.09. The van der Waals surface area contributed by atoms with E-state index in [0.717, 1.165) is 13.0 Å². The summed E-state index contributed by atoms with van der Waals surface area (Å²) in [6, 6.07) is 3.04. The predicted molar refractivity (Wildman–Crippen MR) is 33.6 cm³/mol. The van der Waals surface area contributed by atoms with Crippen LogP contribution in [0.5, 0.6) is 0 Å². The van der Waals surface area contributed by atoms with Crippen LogP contribution in [0.2, 0.25) is 0 Å². The Kier molecular flexibility index (Phi) is 1.000. The van der Waals surface area contributed by atoms with E-state index in [1.54, 1.807) is 0 Å². The van der Waals surface area contributed by atoms with E-state index >= 15 is 0 Å². The molecule has 3 unspecified atom stereocenters. The molecule has 2 aliphatic rings. The number of nitrogens with one attached hydrogen (secondary N) is 1. The second-order valence-corrected chi connectivity index (χ2v) is 3.07. The third-order valence-electron chi connectivity index (χ3n) is 2.53. The third-order valence-corrected chi connectivity index (χ3v) is 2.53. The molecule has 1 saturated carbocycles. The van der Waals surface area contributed by atoms with Crippen molar-refractivity contribution < 1.29 is 0 Å². The smallest absolute Gasteiger partial charge is 0.0659 e. The summed E-state index contributed by atoms with van der Waals surface area (Å²) in [5.74, 6) is 1.05. The third kappa shape index (κ3) is 0.650. The Morgan fingerprint density at radius 3 is 2.67 bits per heavy atom. The molecule has 0 aromatic heterocycles. The lowest BCUT2D eigenvalue weighted by molar-refractivity contribution is 0.423. The summed E-state index contributed by atoms with van der Waals surface area (Å²) in [6.07, 6.45) is 2.35. The Morgan fingerprint density at radius 2 is 2.33 bits per heavy atom. The second kappa shape index (κ2) is 1.71. The van der Waals surface area contributed by atoms with Crippen molar-refractivity contribution >= 4 is 0 Å². The Morgan fingerprint density at radius 1 is 1.44 bits per heavy atom. The number of hydrogen-bond donors (Lipinski definition) is 1. The van der Waals surface area contributed by atoms with Crippen LogP contribution in [0.1, 0.15) is 12.8 Å². The van der Waals surface area contributed by atoms with E-state index in [4.69, 9.17) is 5.26 Å². The van der Waals surface area contributed by atoms with Crippen LogP contribution in [-0.2, 0) is 0 Å². The molecule has 1 aliphatic carbocycles. The van der Waals surface area contributed by atoms with Crippen LogP contribution in [0.4, 0.5) is 0 Å². The average Bonchev–Trinajstić information content (AvgIpc) is 2.45.